The van der Waals surface area contributed by atoms with Gasteiger partial charge in [0.05, 0.1) is 16.7 Å². The van der Waals surface area contributed by atoms with E-state index in [0.29, 0.717) is 23.6 Å². The molecular weight excluding hydrogens is 388 g/mol. The molecule has 0 saturated heterocycles. The minimum atomic E-state index is -0.638. The van der Waals surface area contributed by atoms with Crippen LogP contribution in [0.4, 0.5) is 0 Å². The van der Waals surface area contributed by atoms with Crippen LogP contribution >= 0.6 is 11.6 Å². The molecule has 0 aliphatic carbocycles. The molecule has 29 heavy (non-hydrogen) atoms. The number of halogens is 1. The van der Waals surface area contributed by atoms with Crippen LogP contribution < -0.4 is 15.4 Å². The molecule has 6 heteroatoms. The van der Waals surface area contributed by atoms with E-state index in [2.05, 4.69) is 10.6 Å². The van der Waals surface area contributed by atoms with Gasteiger partial charge in [0, 0.05) is 6.54 Å². The molecule has 2 N–H and O–H groups in total. The summed E-state index contributed by atoms with van der Waals surface area (Å²) < 4.78 is 5.63. The first kappa shape index (κ1) is 22.8. The van der Waals surface area contributed by atoms with Crippen LogP contribution in [0.1, 0.15) is 43.6 Å². The van der Waals surface area contributed by atoms with E-state index in [4.69, 9.17) is 16.3 Å². The largest absolute Gasteiger partial charge is 0.491 e. The van der Waals surface area contributed by atoms with Gasteiger partial charge in [0.1, 0.15) is 11.8 Å². The average Bonchev–Trinajstić information content (AvgIpc) is 2.67. The zero-order valence-corrected chi connectivity index (χ0v) is 18.1. The van der Waals surface area contributed by atoms with E-state index >= 15 is 0 Å². The van der Waals surface area contributed by atoms with Crippen LogP contribution in [0.5, 0.6) is 5.75 Å². The lowest BCUT2D eigenvalue weighted by Crippen LogP contribution is -2.50. The minimum absolute atomic E-state index is 0.0612. The van der Waals surface area contributed by atoms with Gasteiger partial charge in [-0.15, -0.1) is 0 Å². The van der Waals surface area contributed by atoms with Crippen LogP contribution in [-0.4, -0.2) is 30.5 Å². The molecule has 0 heterocycles. The lowest BCUT2D eigenvalue weighted by atomic mass is 10.0. The third-order valence-electron chi connectivity index (χ3n) is 4.36. The number of carbonyl (C=O) groups is 2. The van der Waals surface area contributed by atoms with Gasteiger partial charge in [0.25, 0.3) is 5.91 Å². The van der Waals surface area contributed by atoms with Crippen molar-refractivity contribution >= 4 is 23.4 Å². The Morgan fingerprint density at radius 1 is 1.00 bits per heavy atom. The van der Waals surface area contributed by atoms with E-state index in [-0.39, 0.29) is 23.8 Å². The molecule has 0 radical (unpaired) electrons. The molecule has 0 bridgehead atoms. The number of benzene rings is 2. The van der Waals surface area contributed by atoms with Crippen molar-refractivity contribution in [1.29, 1.82) is 0 Å². The van der Waals surface area contributed by atoms with Crippen molar-refractivity contribution in [3.05, 3.63) is 64.7 Å². The molecule has 1 unspecified atom stereocenters. The van der Waals surface area contributed by atoms with Gasteiger partial charge < -0.3 is 15.4 Å². The Morgan fingerprint density at radius 2 is 1.66 bits per heavy atom. The van der Waals surface area contributed by atoms with E-state index in [1.54, 1.807) is 24.3 Å². The summed E-state index contributed by atoms with van der Waals surface area (Å²) in [5.74, 6) is 0.203. The Bertz CT molecular complexity index is 819. The number of hydrogen-bond donors (Lipinski definition) is 2. The second kappa shape index (κ2) is 10.9. The summed E-state index contributed by atoms with van der Waals surface area (Å²) in [6.45, 7) is 8.24. The summed E-state index contributed by atoms with van der Waals surface area (Å²) in [5.41, 5.74) is 1.46. The third-order valence-corrected chi connectivity index (χ3v) is 4.69. The van der Waals surface area contributed by atoms with Crippen LogP contribution in [0, 0.1) is 5.92 Å². The van der Waals surface area contributed by atoms with Crippen LogP contribution in [0.15, 0.2) is 48.5 Å². The van der Waals surface area contributed by atoms with E-state index in [1.165, 1.54) is 0 Å². The first-order valence-corrected chi connectivity index (χ1v) is 10.2. The fraction of sp³-hybridized carbons (Fsp3) is 0.391. The van der Waals surface area contributed by atoms with E-state index in [0.717, 1.165) is 11.3 Å². The molecular formula is C23H29ClN2O3. The maximum atomic E-state index is 12.6. The Morgan fingerprint density at radius 3 is 2.24 bits per heavy atom. The van der Waals surface area contributed by atoms with Gasteiger partial charge in [-0.25, -0.2) is 0 Å². The standard InChI is InChI=1S/C23H29ClN2O3/c1-15(2)21(26-22(27)19-7-5-6-8-20(19)24)23(28)25-14-13-17-9-11-18(12-10-17)29-16(3)4/h5-12,15-16,21H,13-14H2,1-4H3,(H,25,28)(H,26,27). The highest BCUT2D eigenvalue weighted by Crippen LogP contribution is 2.16. The van der Waals surface area contributed by atoms with E-state index in [9.17, 15) is 9.59 Å². The van der Waals surface area contributed by atoms with Crippen molar-refractivity contribution in [1.82, 2.24) is 10.6 Å². The highest BCUT2D eigenvalue weighted by molar-refractivity contribution is 6.33. The summed E-state index contributed by atoms with van der Waals surface area (Å²) in [6.07, 6.45) is 0.825. The maximum absolute atomic E-state index is 12.6. The predicted octanol–water partition coefficient (Wildman–Crippen LogP) is 4.24. The molecule has 2 amide bonds. The zero-order valence-electron chi connectivity index (χ0n) is 17.4. The predicted molar refractivity (Wildman–Crippen MR) is 116 cm³/mol. The van der Waals surface area contributed by atoms with Gasteiger partial charge in [0.15, 0.2) is 0 Å². The summed E-state index contributed by atoms with van der Waals surface area (Å²) in [7, 11) is 0. The highest BCUT2D eigenvalue weighted by atomic mass is 35.5. The smallest absolute Gasteiger partial charge is 0.253 e. The second-order valence-corrected chi connectivity index (χ2v) is 7.93. The molecule has 0 aliphatic rings. The summed E-state index contributed by atoms with van der Waals surface area (Å²) >= 11 is 6.08. The number of nitrogens with one attached hydrogen (secondary N) is 2. The molecule has 0 saturated carbocycles. The molecule has 2 aromatic carbocycles. The molecule has 0 aliphatic heterocycles. The highest BCUT2D eigenvalue weighted by Gasteiger charge is 2.25. The lowest BCUT2D eigenvalue weighted by molar-refractivity contribution is -0.123. The monoisotopic (exact) mass is 416 g/mol. The number of rotatable bonds is 9. The summed E-state index contributed by atoms with van der Waals surface area (Å²) in [5, 5.41) is 6.07. The fourth-order valence-electron chi connectivity index (χ4n) is 2.85. The molecule has 5 nitrogen and oxygen atoms in total. The molecule has 156 valence electrons. The number of amides is 2. The van der Waals surface area contributed by atoms with Crippen molar-refractivity contribution < 1.29 is 14.3 Å². The van der Waals surface area contributed by atoms with Gasteiger partial charge in [0.2, 0.25) is 5.91 Å². The van der Waals surface area contributed by atoms with Crippen LogP contribution in [-0.2, 0) is 11.2 Å². The van der Waals surface area contributed by atoms with Crippen LogP contribution in [0.2, 0.25) is 5.02 Å². The second-order valence-electron chi connectivity index (χ2n) is 7.53. The molecule has 2 aromatic rings. The SMILES string of the molecule is CC(C)Oc1ccc(CCNC(=O)C(NC(=O)c2ccccc2Cl)C(C)C)cc1. The van der Waals surface area contributed by atoms with E-state index in [1.807, 2.05) is 52.0 Å². The lowest BCUT2D eigenvalue weighted by Gasteiger charge is -2.22. The van der Waals surface area contributed by atoms with Gasteiger partial charge in [-0.05, 0) is 56.0 Å². The average molecular weight is 417 g/mol. The Labute approximate surface area is 177 Å². The van der Waals surface area contributed by atoms with Crippen LogP contribution in [0.25, 0.3) is 0 Å². The molecule has 0 aromatic heterocycles. The number of hydrogen-bond acceptors (Lipinski definition) is 3. The first-order chi connectivity index (χ1) is 13.8. The van der Waals surface area contributed by atoms with Gasteiger partial charge in [-0.3, -0.25) is 9.59 Å². The molecule has 2 rings (SSSR count). The van der Waals surface area contributed by atoms with Crippen molar-refractivity contribution in [2.24, 2.45) is 5.92 Å². The molecule has 0 spiro atoms. The topological polar surface area (TPSA) is 67.4 Å². The minimum Gasteiger partial charge on any atom is -0.491 e. The quantitative estimate of drug-likeness (QED) is 0.642. The molecule has 1 atom stereocenters. The van der Waals surface area contributed by atoms with Crippen LogP contribution in [0.3, 0.4) is 0 Å². The maximum Gasteiger partial charge on any atom is 0.253 e. The Kier molecular flexibility index (Phi) is 8.52. The van der Waals surface area contributed by atoms with Gasteiger partial charge in [-0.2, -0.15) is 0 Å². The van der Waals surface area contributed by atoms with Crippen molar-refractivity contribution in [3.8, 4) is 5.75 Å². The number of ether oxygens (including phenoxy) is 1. The van der Waals surface area contributed by atoms with Gasteiger partial charge >= 0.3 is 0 Å². The Hall–Kier alpha value is -2.53. The number of carbonyl (C=O) groups excluding carboxylic acids is 2. The normalized spacial score (nSPS) is 12.0. The van der Waals surface area contributed by atoms with Crippen molar-refractivity contribution in [2.75, 3.05) is 6.54 Å². The van der Waals surface area contributed by atoms with Gasteiger partial charge in [-0.1, -0.05) is 49.7 Å². The zero-order chi connectivity index (χ0) is 21.4. The van der Waals surface area contributed by atoms with E-state index < -0.39 is 6.04 Å². The van der Waals surface area contributed by atoms with Crippen molar-refractivity contribution in [3.63, 3.8) is 0 Å². The first-order valence-electron chi connectivity index (χ1n) is 9.86. The Balaban J connectivity index is 1.89. The summed E-state index contributed by atoms with van der Waals surface area (Å²) in [4.78, 5) is 25.1. The third kappa shape index (κ3) is 7.09. The summed E-state index contributed by atoms with van der Waals surface area (Å²) in [6, 6.07) is 14.0. The molecule has 0 fully saturated rings. The fourth-order valence-corrected chi connectivity index (χ4v) is 3.07. The van der Waals surface area contributed by atoms with Crippen molar-refractivity contribution in [2.45, 2.75) is 46.3 Å².